The van der Waals surface area contributed by atoms with Crippen LogP contribution in [0.4, 0.5) is 4.79 Å². The van der Waals surface area contributed by atoms with Crippen molar-refractivity contribution in [2.75, 3.05) is 13.1 Å². The molecule has 0 aromatic carbocycles. The molecule has 0 saturated heterocycles. The summed E-state index contributed by atoms with van der Waals surface area (Å²) in [6, 6.07) is 0.0746. The number of nitrogens with one attached hydrogen (secondary N) is 1. The Morgan fingerprint density at radius 2 is 1.40 bits per heavy atom. The number of hydrogen-bond acceptors (Lipinski definition) is 1. The van der Waals surface area contributed by atoms with Crippen LogP contribution in [0, 0.1) is 0 Å². The second-order valence-electron chi connectivity index (χ2n) is 3.94. The van der Waals surface area contributed by atoms with Crippen LogP contribution in [-0.4, -0.2) is 29.6 Å². The average molecular weight is 214 g/mol. The third kappa shape index (κ3) is 3.73. The Morgan fingerprint density at radius 1 is 1.00 bits per heavy atom. The van der Waals surface area contributed by atoms with E-state index in [1.54, 1.807) is 0 Å². The van der Waals surface area contributed by atoms with Crippen molar-refractivity contribution in [3.05, 3.63) is 0 Å². The van der Waals surface area contributed by atoms with E-state index in [1.807, 2.05) is 18.7 Å². The monoisotopic (exact) mass is 214 g/mol. The van der Waals surface area contributed by atoms with Crippen molar-refractivity contribution in [1.29, 1.82) is 0 Å². The van der Waals surface area contributed by atoms with Crippen LogP contribution in [0.15, 0.2) is 0 Å². The van der Waals surface area contributed by atoms with E-state index in [0.29, 0.717) is 0 Å². The number of nitrogens with zero attached hydrogens (tertiary/aromatic N) is 1. The van der Waals surface area contributed by atoms with Crippen LogP contribution in [0.1, 0.15) is 53.9 Å². The fourth-order valence-electron chi connectivity index (χ4n) is 1.83. The van der Waals surface area contributed by atoms with E-state index in [2.05, 4.69) is 26.1 Å². The molecule has 0 aliphatic heterocycles. The maximum Gasteiger partial charge on any atom is 0.317 e. The Bertz CT molecular complexity index is 176. The van der Waals surface area contributed by atoms with Crippen LogP contribution < -0.4 is 5.32 Å². The molecule has 0 spiro atoms. The van der Waals surface area contributed by atoms with Crippen molar-refractivity contribution in [2.24, 2.45) is 0 Å². The first-order chi connectivity index (χ1) is 7.09. The normalized spacial score (nSPS) is 11.3. The molecule has 0 aromatic heterocycles. The molecule has 0 fully saturated rings. The minimum absolute atomic E-state index is 0.0142. The van der Waals surface area contributed by atoms with Gasteiger partial charge in [0.2, 0.25) is 0 Å². The zero-order chi connectivity index (χ0) is 11.9. The van der Waals surface area contributed by atoms with Gasteiger partial charge in [-0.15, -0.1) is 0 Å². The van der Waals surface area contributed by atoms with E-state index < -0.39 is 0 Å². The van der Waals surface area contributed by atoms with Crippen molar-refractivity contribution in [3.63, 3.8) is 0 Å². The number of carbonyl (C=O) groups excluding carboxylic acids is 1. The second-order valence-corrected chi connectivity index (χ2v) is 3.94. The summed E-state index contributed by atoms with van der Waals surface area (Å²) in [5, 5.41) is 3.17. The molecule has 0 rings (SSSR count). The Labute approximate surface area is 94.2 Å². The van der Waals surface area contributed by atoms with E-state index >= 15 is 0 Å². The molecule has 0 radical (unpaired) electrons. The Hall–Kier alpha value is -0.730. The lowest BCUT2D eigenvalue weighted by atomic mass is 9.90. The largest absolute Gasteiger partial charge is 0.333 e. The fourth-order valence-corrected chi connectivity index (χ4v) is 1.83. The molecule has 0 aromatic rings. The highest BCUT2D eigenvalue weighted by molar-refractivity contribution is 5.75. The van der Waals surface area contributed by atoms with Crippen LogP contribution in [0.5, 0.6) is 0 Å². The molecule has 2 amide bonds. The minimum Gasteiger partial charge on any atom is -0.333 e. The van der Waals surface area contributed by atoms with Gasteiger partial charge in [-0.25, -0.2) is 4.79 Å². The van der Waals surface area contributed by atoms with E-state index in [1.165, 1.54) is 0 Å². The van der Waals surface area contributed by atoms with Crippen LogP contribution >= 0.6 is 0 Å². The van der Waals surface area contributed by atoms with Gasteiger partial charge in [-0.2, -0.15) is 0 Å². The first-order valence-electron chi connectivity index (χ1n) is 6.16. The molecule has 0 atom stereocenters. The van der Waals surface area contributed by atoms with E-state index in [4.69, 9.17) is 0 Å². The quantitative estimate of drug-likeness (QED) is 0.724. The molecular weight excluding hydrogens is 188 g/mol. The molecule has 1 N–H and O–H groups in total. The molecule has 0 aliphatic rings. The zero-order valence-electron chi connectivity index (χ0n) is 10.9. The van der Waals surface area contributed by atoms with Gasteiger partial charge in [-0.1, -0.05) is 20.8 Å². The number of urea groups is 1. The number of carbonyl (C=O) groups is 1. The predicted octanol–water partition coefficient (Wildman–Crippen LogP) is 3.01. The summed E-state index contributed by atoms with van der Waals surface area (Å²) in [5.74, 6) is 0. The second kappa shape index (κ2) is 6.70. The number of hydrogen-bond donors (Lipinski definition) is 1. The minimum atomic E-state index is -0.0142. The van der Waals surface area contributed by atoms with Crippen LogP contribution in [0.3, 0.4) is 0 Å². The maximum absolute atomic E-state index is 11.9. The molecule has 0 aliphatic carbocycles. The molecule has 3 heteroatoms. The SMILES string of the molecule is CCN(CC)C(=O)NC(CC)(CC)CC. The average Bonchev–Trinajstić information content (AvgIpc) is 2.28. The van der Waals surface area contributed by atoms with Gasteiger partial charge in [0.25, 0.3) is 0 Å². The fraction of sp³-hybridized carbons (Fsp3) is 0.917. The third-order valence-corrected chi connectivity index (χ3v) is 3.45. The van der Waals surface area contributed by atoms with E-state index in [-0.39, 0.29) is 11.6 Å². The molecule has 0 unspecified atom stereocenters. The zero-order valence-corrected chi connectivity index (χ0v) is 10.9. The summed E-state index contributed by atoms with van der Waals surface area (Å²) in [4.78, 5) is 13.7. The van der Waals surface area contributed by atoms with Crippen LogP contribution in [0.25, 0.3) is 0 Å². The van der Waals surface area contributed by atoms with Gasteiger partial charge >= 0.3 is 6.03 Å². The summed E-state index contributed by atoms with van der Waals surface area (Å²) in [7, 11) is 0. The van der Waals surface area contributed by atoms with Gasteiger partial charge in [0.1, 0.15) is 0 Å². The summed E-state index contributed by atoms with van der Waals surface area (Å²) in [6.07, 6.45) is 2.98. The lowest BCUT2D eigenvalue weighted by Gasteiger charge is -2.34. The Kier molecular flexibility index (Phi) is 6.37. The molecule has 0 saturated carbocycles. The lowest BCUT2D eigenvalue weighted by Crippen LogP contribution is -2.52. The van der Waals surface area contributed by atoms with Crippen molar-refractivity contribution < 1.29 is 4.79 Å². The van der Waals surface area contributed by atoms with Gasteiger partial charge < -0.3 is 10.2 Å². The van der Waals surface area contributed by atoms with E-state index in [0.717, 1.165) is 32.4 Å². The topological polar surface area (TPSA) is 32.3 Å². The molecule has 90 valence electrons. The maximum atomic E-state index is 11.9. The molecular formula is C12H26N2O. The highest BCUT2D eigenvalue weighted by Gasteiger charge is 2.27. The summed E-state index contributed by atoms with van der Waals surface area (Å²) >= 11 is 0. The molecule has 15 heavy (non-hydrogen) atoms. The predicted molar refractivity (Wildman–Crippen MR) is 65.1 cm³/mol. The van der Waals surface area contributed by atoms with Gasteiger partial charge in [0.15, 0.2) is 0 Å². The van der Waals surface area contributed by atoms with Gasteiger partial charge in [0, 0.05) is 18.6 Å². The van der Waals surface area contributed by atoms with Crippen LogP contribution in [-0.2, 0) is 0 Å². The first kappa shape index (κ1) is 14.3. The standard InChI is InChI=1S/C12H26N2O/c1-6-12(7-2,8-3)13-11(15)14(9-4)10-5/h6-10H2,1-5H3,(H,13,15). The van der Waals surface area contributed by atoms with Gasteiger partial charge in [-0.05, 0) is 33.1 Å². The number of rotatable bonds is 6. The van der Waals surface area contributed by atoms with Crippen molar-refractivity contribution in [3.8, 4) is 0 Å². The molecule has 3 nitrogen and oxygen atoms in total. The Balaban J connectivity index is 4.46. The number of amides is 2. The lowest BCUT2D eigenvalue weighted by molar-refractivity contribution is 0.182. The summed E-state index contributed by atoms with van der Waals surface area (Å²) in [5.41, 5.74) is -0.0142. The smallest absolute Gasteiger partial charge is 0.317 e. The van der Waals surface area contributed by atoms with Crippen LogP contribution in [0.2, 0.25) is 0 Å². The van der Waals surface area contributed by atoms with Gasteiger partial charge in [-0.3, -0.25) is 0 Å². The highest BCUT2D eigenvalue weighted by atomic mass is 16.2. The summed E-state index contributed by atoms with van der Waals surface area (Å²) < 4.78 is 0. The van der Waals surface area contributed by atoms with Crippen molar-refractivity contribution in [2.45, 2.75) is 59.4 Å². The van der Waals surface area contributed by atoms with Crippen molar-refractivity contribution in [1.82, 2.24) is 10.2 Å². The Morgan fingerprint density at radius 3 is 1.67 bits per heavy atom. The van der Waals surface area contributed by atoms with Crippen molar-refractivity contribution >= 4 is 6.03 Å². The molecule has 0 bridgehead atoms. The van der Waals surface area contributed by atoms with Gasteiger partial charge in [0.05, 0.1) is 0 Å². The molecule has 0 heterocycles. The van der Waals surface area contributed by atoms with E-state index in [9.17, 15) is 4.79 Å². The first-order valence-corrected chi connectivity index (χ1v) is 6.16. The summed E-state index contributed by atoms with van der Waals surface area (Å²) in [6.45, 7) is 12.0. The highest BCUT2D eigenvalue weighted by Crippen LogP contribution is 2.19. The third-order valence-electron chi connectivity index (χ3n) is 3.45.